The van der Waals surface area contributed by atoms with Gasteiger partial charge in [0.15, 0.2) is 23.0 Å². The predicted octanol–water partition coefficient (Wildman–Crippen LogP) is 4.60. The molecule has 2 aromatic rings. The number of methoxy groups -OCH3 is 2. The maximum Gasteiger partial charge on any atom is 0.162 e. The lowest BCUT2D eigenvalue weighted by atomic mass is 10.1. The van der Waals surface area contributed by atoms with Gasteiger partial charge in [0.05, 0.1) is 27.4 Å². The van der Waals surface area contributed by atoms with E-state index in [1.165, 1.54) is 5.56 Å². The van der Waals surface area contributed by atoms with Gasteiger partial charge in [-0.3, -0.25) is 0 Å². The maximum atomic E-state index is 5.71. The molecule has 0 aliphatic carbocycles. The van der Waals surface area contributed by atoms with E-state index in [2.05, 4.69) is 27.3 Å². The Kier molecular flexibility index (Phi) is 8.75. The van der Waals surface area contributed by atoms with E-state index in [1.807, 2.05) is 38.1 Å². The van der Waals surface area contributed by atoms with E-state index < -0.39 is 0 Å². The lowest BCUT2D eigenvalue weighted by Gasteiger charge is -2.15. The van der Waals surface area contributed by atoms with Gasteiger partial charge < -0.3 is 24.3 Å². The van der Waals surface area contributed by atoms with Crippen molar-refractivity contribution in [3.63, 3.8) is 0 Å². The van der Waals surface area contributed by atoms with Crippen molar-refractivity contribution in [2.24, 2.45) is 0 Å². The molecule has 0 unspecified atom stereocenters. The largest absolute Gasteiger partial charge is 0.493 e. The van der Waals surface area contributed by atoms with E-state index in [0.717, 1.165) is 52.5 Å². The first-order valence-electron chi connectivity index (χ1n) is 9.12. The highest BCUT2D eigenvalue weighted by molar-refractivity contribution is 9.10. The minimum absolute atomic E-state index is 0.605. The molecule has 1 N–H and O–H groups in total. The van der Waals surface area contributed by atoms with Crippen molar-refractivity contribution in [3.8, 4) is 23.0 Å². The molecule has 2 aromatic carbocycles. The summed E-state index contributed by atoms with van der Waals surface area (Å²) in [4.78, 5) is 0. The fourth-order valence-corrected chi connectivity index (χ4v) is 3.20. The summed E-state index contributed by atoms with van der Waals surface area (Å²) < 4.78 is 23.0. The van der Waals surface area contributed by atoms with E-state index in [9.17, 15) is 0 Å². The molecule has 0 atom stereocenters. The van der Waals surface area contributed by atoms with Crippen LogP contribution in [0.4, 0.5) is 0 Å². The second-order valence-corrected chi connectivity index (χ2v) is 6.73. The summed E-state index contributed by atoms with van der Waals surface area (Å²) in [6.45, 7) is 6.73. The number of benzene rings is 2. The summed E-state index contributed by atoms with van der Waals surface area (Å²) in [5.74, 6) is 3.04. The number of ether oxygens (including phenoxy) is 4. The first-order valence-corrected chi connectivity index (χ1v) is 9.91. The van der Waals surface area contributed by atoms with Crippen LogP contribution in [0.3, 0.4) is 0 Å². The molecule has 0 heterocycles. The van der Waals surface area contributed by atoms with Gasteiger partial charge in [0.1, 0.15) is 0 Å². The fourth-order valence-electron chi connectivity index (χ4n) is 2.74. The minimum atomic E-state index is 0.605. The van der Waals surface area contributed by atoms with Crippen molar-refractivity contribution >= 4 is 15.9 Å². The lowest BCUT2D eigenvalue weighted by Crippen LogP contribution is -2.17. The molecule has 0 aliphatic rings. The SMILES string of the molecule is CCOc1cc(Br)c(CNCCc2ccc(OC)c(OC)c2)cc1OCC. The van der Waals surface area contributed by atoms with Gasteiger partial charge in [0.25, 0.3) is 0 Å². The Bertz CT molecular complexity index is 736. The average Bonchev–Trinajstić information content (AvgIpc) is 2.68. The van der Waals surface area contributed by atoms with Crippen LogP contribution in [0.2, 0.25) is 0 Å². The molecule has 0 saturated heterocycles. The standard InChI is InChI=1S/C21H28BrNO4/c1-5-26-20-12-16(17(22)13-21(20)27-6-2)14-23-10-9-15-7-8-18(24-3)19(11-15)25-4/h7-8,11-13,23H,5-6,9-10,14H2,1-4H3. The van der Waals surface area contributed by atoms with Gasteiger partial charge in [-0.1, -0.05) is 22.0 Å². The molecule has 0 aromatic heterocycles. The zero-order valence-corrected chi connectivity index (χ0v) is 18.0. The molecule has 0 fully saturated rings. The predicted molar refractivity (Wildman–Crippen MR) is 111 cm³/mol. The van der Waals surface area contributed by atoms with Gasteiger partial charge in [0, 0.05) is 11.0 Å². The smallest absolute Gasteiger partial charge is 0.162 e. The minimum Gasteiger partial charge on any atom is -0.493 e. The van der Waals surface area contributed by atoms with E-state index in [-0.39, 0.29) is 0 Å². The Labute approximate surface area is 170 Å². The van der Waals surface area contributed by atoms with Crippen LogP contribution in [0.15, 0.2) is 34.8 Å². The number of halogens is 1. The first kappa shape index (κ1) is 21.4. The van der Waals surface area contributed by atoms with Crippen LogP contribution in [-0.4, -0.2) is 34.0 Å². The molecule has 0 amide bonds. The summed E-state index contributed by atoms with van der Waals surface area (Å²) in [6.07, 6.45) is 0.896. The Hall–Kier alpha value is -1.92. The van der Waals surface area contributed by atoms with Crippen molar-refractivity contribution in [2.45, 2.75) is 26.8 Å². The third-order valence-corrected chi connectivity index (χ3v) is 4.80. The van der Waals surface area contributed by atoms with Gasteiger partial charge in [-0.2, -0.15) is 0 Å². The number of rotatable bonds is 11. The molecule has 148 valence electrons. The normalized spacial score (nSPS) is 10.6. The first-order chi connectivity index (χ1) is 13.1. The van der Waals surface area contributed by atoms with Crippen molar-refractivity contribution < 1.29 is 18.9 Å². The molecule has 2 rings (SSSR count). The Balaban J connectivity index is 1.95. The van der Waals surface area contributed by atoms with Crippen LogP contribution in [0.1, 0.15) is 25.0 Å². The third kappa shape index (κ3) is 6.04. The highest BCUT2D eigenvalue weighted by Crippen LogP contribution is 2.34. The van der Waals surface area contributed by atoms with Crippen LogP contribution < -0.4 is 24.3 Å². The zero-order valence-electron chi connectivity index (χ0n) is 16.4. The van der Waals surface area contributed by atoms with Crippen LogP contribution in [0, 0.1) is 0 Å². The molecule has 0 spiro atoms. The molecule has 0 saturated carbocycles. The second-order valence-electron chi connectivity index (χ2n) is 5.87. The summed E-state index contributed by atoms with van der Waals surface area (Å²) in [5, 5.41) is 3.48. The average molecular weight is 438 g/mol. The molecule has 6 heteroatoms. The molecular weight excluding hydrogens is 410 g/mol. The molecule has 27 heavy (non-hydrogen) atoms. The van der Waals surface area contributed by atoms with Crippen LogP contribution in [0.25, 0.3) is 0 Å². The van der Waals surface area contributed by atoms with E-state index >= 15 is 0 Å². The quantitative estimate of drug-likeness (QED) is 0.520. The van der Waals surface area contributed by atoms with Gasteiger partial charge >= 0.3 is 0 Å². The van der Waals surface area contributed by atoms with E-state index in [4.69, 9.17) is 18.9 Å². The van der Waals surface area contributed by atoms with Gasteiger partial charge in [-0.25, -0.2) is 0 Å². The van der Waals surface area contributed by atoms with Gasteiger partial charge in [-0.05, 0) is 62.2 Å². The van der Waals surface area contributed by atoms with Gasteiger partial charge in [-0.15, -0.1) is 0 Å². The molecular formula is C21H28BrNO4. The highest BCUT2D eigenvalue weighted by atomic mass is 79.9. The monoisotopic (exact) mass is 437 g/mol. The highest BCUT2D eigenvalue weighted by Gasteiger charge is 2.11. The molecule has 0 aliphatic heterocycles. The zero-order chi connectivity index (χ0) is 19.6. The summed E-state index contributed by atoms with van der Waals surface area (Å²) in [6, 6.07) is 10.0. The van der Waals surface area contributed by atoms with E-state index in [1.54, 1.807) is 14.2 Å². The Morgan fingerprint density at radius 3 is 2.15 bits per heavy atom. The van der Waals surface area contributed by atoms with Crippen LogP contribution in [-0.2, 0) is 13.0 Å². The lowest BCUT2D eigenvalue weighted by molar-refractivity contribution is 0.287. The van der Waals surface area contributed by atoms with Crippen LogP contribution >= 0.6 is 15.9 Å². The van der Waals surface area contributed by atoms with Crippen LogP contribution in [0.5, 0.6) is 23.0 Å². The Morgan fingerprint density at radius 1 is 0.852 bits per heavy atom. The Morgan fingerprint density at radius 2 is 1.52 bits per heavy atom. The number of nitrogens with one attached hydrogen (secondary N) is 1. The second kappa shape index (κ2) is 11.0. The molecule has 5 nitrogen and oxygen atoms in total. The topological polar surface area (TPSA) is 49.0 Å². The fraction of sp³-hybridized carbons (Fsp3) is 0.429. The summed E-state index contributed by atoms with van der Waals surface area (Å²) >= 11 is 3.63. The van der Waals surface area contributed by atoms with Crippen molar-refractivity contribution in [3.05, 3.63) is 45.9 Å². The number of hydrogen-bond acceptors (Lipinski definition) is 5. The molecule has 0 radical (unpaired) electrons. The van der Waals surface area contributed by atoms with Crippen molar-refractivity contribution in [2.75, 3.05) is 34.0 Å². The van der Waals surface area contributed by atoms with Gasteiger partial charge in [0.2, 0.25) is 0 Å². The maximum absolute atomic E-state index is 5.71. The summed E-state index contributed by atoms with van der Waals surface area (Å²) in [5.41, 5.74) is 2.33. The summed E-state index contributed by atoms with van der Waals surface area (Å²) in [7, 11) is 3.30. The van der Waals surface area contributed by atoms with Crippen molar-refractivity contribution in [1.29, 1.82) is 0 Å². The molecule has 0 bridgehead atoms. The third-order valence-electron chi connectivity index (χ3n) is 4.07. The number of hydrogen-bond donors (Lipinski definition) is 1. The van der Waals surface area contributed by atoms with E-state index in [0.29, 0.717) is 13.2 Å². The van der Waals surface area contributed by atoms with Crippen molar-refractivity contribution in [1.82, 2.24) is 5.32 Å².